The van der Waals surface area contributed by atoms with Crippen molar-refractivity contribution in [3.8, 4) is 11.5 Å². The minimum atomic E-state index is -1.23. The van der Waals surface area contributed by atoms with Crippen LogP contribution in [0.15, 0.2) is 78.9 Å². The molecule has 5 heteroatoms. The molecule has 0 aromatic heterocycles. The molecule has 1 atom stereocenters. The Balaban J connectivity index is 0.00000341. The summed E-state index contributed by atoms with van der Waals surface area (Å²) in [7, 11) is 7.36. The average molecular weight is 442 g/mol. The Kier molecular flexibility index (Phi) is 8.93. The third kappa shape index (κ3) is 5.79. The Morgan fingerprint density at radius 2 is 1.32 bits per heavy atom. The zero-order valence-corrected chi connectivity index (χ0v) is 19.4. The van der Waals surface area contributed by atoms with E-state index in [9.17, 15) is 5.11 Å². The van der Waals surface area contributed by atoms with E-state index in [1.165, 1.54) is 5.56 Å². The van der Waals surface area contributed by atoms with Gasteiger partial charge in [-0.3, -0.25) is 0 Å². The molecule has 0 saturated carbocycles. The fraction of sp³-hybridized carbons (Fsp3) is 0.308. The van der Waals surface area contributed by atoms with Gasteiger partial charge in [0.05, 0.1) is 14.2 Å². The highest BCUT2D eigenvalue weighted by atomic mass is 35.5. The summed E-state index contributed by atoms with van der Waals surface area (Å²) in [4.78, 5) is 2.12. The van der Waals surface area contributed by atoms with Crippen molar-refractivity contribution in [2.45, 2.75) is 12.0 Å². The quantitative estimate of drug-likeness (QED) is 0.518. The molecule has 1 N–H and O–H groups in total. The van der Waals surface area contributed by atoms with E-state index in [0.29, 0.717) is 6.54 Å². The van der Waals surface area contributed by atoms with Crippen LogP contribution in [-0.4, -0.2) is 44.9 Å². The number of ether oxygens (including phenoxy) is 2. The maximum absolute atomic E-state index is 12.4. The van der Waals surface area contributed by atoms with Crippen LogP contribution in [-0.2, 0) is 12.0 Å². The molecule has 0 unspecified atom stereocenters. The summed E-state index contributed by atoms with van der Waals surface area (Å²) in [5, 5.41) is 12.4. The number of benzene rings is 3. The molecule has 0 radical (unpaired) electrons. The van der Waals surface area contributed by atoms with Gasteiger partial charge in [-0.1, -0.05) is 54.6 Å². The lowest BCUT2D eigenvalue weighted by molar-refractivity contribution is 0.00478. The van der Waals surface area contributed by atoms with Crippen LogP contribution in [0.25, 0.3) is 0 Å². The number of hydrogen-bond donors (Lipinski definition) is 1. The Morgan fingerprint density at radius 1 is 0.806 bits per heavy atom. The monoisotopic (exact) mass is 441 g/mol. The van der Waals surface area contributed by atoms with E-state index in [4.69, 9.17) is 9.47 Å². The van der Waals surface area contributed by atoms with Crippen LogP contribution in [0.3, 0.4) is 0 Å². The number of aliphatic hydroxyl groups is 1. The predicted molar refractivity (Wildman–Crippen MR) is 128 cm³/mol. The third-order valence-electron chi connectivity index (χ3n) is 5.52. The van der Waals surface area contributed by atoms with Crippen molar-refractivity contribution in [2.24, 2.45) is 5.92 Å². The molecule has 0 spiro atoms. The van der Waals surface area contributed by atoms with Crippen LogP contribution in [0.2, 0.25) is 0 Å². The number of rotatable bonds is 9. The molecule has 0 amide bonds. The second kappa shape index (κ2) is 11.2. The van der Waals surface area contributed by atoms with Crippen LogP contribution >= 0.6 is 12.4 Å². The molecule has 166 valence electrons. The molecule has 3 aromatic carbocycles. The highest BCUT2D eigenvalue weighted by Gasteiger charge is 2.41. The first-order valence-electron chi connectivity index (χ1n) is 10.2. The fourth-order valence-corrected chi connectivity index (χ4v) is 4.04. The zero-order valence-electron chi connectivity index (χ0n) is 18.6. The highest BCUT2D eigenvalue weighted by molar-refractivity contribution is 5.85. The van der Waals surface area contributed by atoms with E-state index in [2.05, 4.69) is 17.0 Å². The zero-order chi connectivity index (χ0) is 21.6. The topological polar surface area (TPSA) is 41.9 Å². The lowest BCUT2D eigenvalue weighted by atomic mass is 9.73. The molecule has 0 bridgehead atoms. The Bertz CT molecular complexity index is 899. The number of nitrogens with zero attached hydrogens (tertiary/aromatic N) is 1. The van der Waals surface area contributed by atoms with Gasteiger partial charge < -0.3 is 19.5 Å². The third-order valence-corrected chi connectivity index (χ3v) is 5.52. The lowest BCUT2D eigenvalue weighted by Gasteiger charge is -2.39. The van der Waals surface area contributed by atoms with Gasteiger partial charge in [-0.25, -0.2) is 0 Å². The molecule has 0 aliphatic rings. The second-order valence-corrected chi connectivity index (χ2v) is 7.88. The summed E-state index contributed by atoms with van der Waals surface area (Å²) < 4.78 is 10.9. The van der Waals surface area contributed by atoms with Crippen LogP contribution in [0, 0.1) is 5.92 Å². The van der Waals surface area contributed by atoms with Crippen molar-refractivity contribution < 1.29 is 14.6 Å². The molecule has 0 heterocycles. The van der Waals surface area contributed by atoms with Gasteiger partial charge in [-0.2, -0.15) is 0 Å². The maximum Gasteiger partial charge on any atom is 0.119 e. The van der Waals surface area contributed by atoms with E-state index in [0.717, 1.165) is 29.0 Å². The SMILES string of the molecule is COc1cccc(C(O)(c2cccc(OC)c2)[C@@H](Cc2ccccc2)CN(C)C)c1.Cl. The molecule has 0 aliphatic carbocycles. The first kappa shape index (κ1) is 24.7. The molecule has 0 fully saturated rings. The summed E-state index contributed by atoms with van der Waals surface area (Å²) in [5.74, 6) is 1.34. The van der Waals surface area contributed by atoms with E-state index in [-0.39, 0.29) is 18.3 Å². The first-order valence-corrected chi connectivity index (χ1v) is 10.2. The Labute approximate surface area is 191 Å². The van der Waals surface area contributed by atoms with Crippen molar-refractivity contribution >= 4 is 12.4 Å². The van der Waals surface area contributed by atoms with Crippen molar-refractivity contribution in [3.63, 3.8) is 0 Å². The minimum absolute atomic E-state index is 0. The fourth-order valence-electron chi connectivity index (χ4n) is 4.04. The van der Waals surface area contributed by atoms with Gasteiger partial charge in [-0.15, -0.1) is 12.4 Å². The van der Waals surface area contributed by atoms with Gasteiger partial charge in [-0.05, 0) is 61.5 Å². The molecular weight excluding hydrogens is 410 g/mol. The molecule has 31 heavy (non-hydrogen) atoms. The van der Waals surface area contributed by atoms with Crippen LogP contribution in [0.5, 0.6) is 11.5 Å². The molecule has 0 aliphatic heterocycles. The standard InChI is InChI=1S/C26H31NO3.ClH/c1-27(2)19-23(16-20-10-6-5-7-11-20)26(28,21-12-8-14-24(17-21)29-3)22-13-9-15-25(18-22)30-4;/h5-15,17-18,23,28H,16,19H2,1-4H3;1H/t23-;/m0./s1. The van der Waals surface area contributed by atoms with Crippen molar-refractivity contribution in [2.75, 3.05) is 34.9 Å². The van der Waals surface area contributed by atoms with E-state index in [1.54, 1.807) is 14.2 Å². The van der Waals surface area contributed by atoms with Gasteiger partial charge >= 0.3 is 0 Å². The van der Waals surface area contributed by atoms with Crippen LogP contribution < -0.4 is 9.47 Å². The summed E-state index contributed by atoms with van der Waals surface area (Å²) in [6.07, 6.45) is 0.726. The Hall–Kier alpha value is -2.53. The Morgan fingerprint density at radius 3 is 1.77 bits per heavy atom. The van der Waals surface area contributed by atoms with Crippen molar-refractivity contribution in [1.29, 1.82) is 0 Å². The van der Waals surface area contributed by atoms with Gasteiger partial charge in [0, 0.05) is 12.5 Å². The maximum atomic E-state index is 12.4. The van der Waals surface area contributed by atoms with Crippen molar-refractivity contribution in [3.05, 3.63) is 95.6 Å². The number of methoxy groups -OCH3 is 2. The van der Waals surface area contributed by atoms with Crippen molar-refractivity contribution in [1.82, 2.24) is 4.90 Å². The molecule has 4 nitrogen and oxygen atoms in total. The summed E-state index contributed by atoms with van der Waals surface area (Å²) >= 11 is 0. The van der Waals surface area contributed by atoms with E-state index < -0.39 is 5.60 Å². The summed E-state index contributed by atoms with van der Waals surface area (Å²) in [5.41, 5.74) is 1.56. The lowest BCUT2D eigenvalue weighted by Crippen LogP contribution is -2.43. The van der Waals surface area contributed by atoms with Gasteiger partial charge in [0.1, 0.15) is 17.1 Å². The first-order chi connectivity index (χ1) is 14.5. The summed E-state index contributed by atoms with van der Waals surface area (Å²) in [6.45, 7) is 0.708. The summed E-state index contributed by atoms with van der Waals surface area (Å²) in [6, 6.07) is 25.7. The van der Waals surface area contributed by atoms with Gasteiger partial charge in [0.25, 0.3) is 0 Å². The molecule has 0 saturated heterocycles. The van der Waals surface area contributed by atoms with Crippen LogP contribution in [0.1, 0.15) is 16.7 Å². The second-order valence-electron chi connectivity index (χ2n) is 7.88. The van der Waals surface area contributed by atoms with Crippen LogP contribution in [0.4, 0.5) is 0 Å². The normalized spacial score (nSPS) is 12.2. The number of halogens is 1. The average Bonchev–Trinajstić information content (AvgIpc) is 2.78. The largest absolute Gasteiger partial charge is 0.497 e. The van der Waals surface area contributed by atoms with E-state index in [1.807, 2.05) is 80.8 Å². The smallest absolute Gasteiger partial charge is 0.119 e. The molecular formula is C26H32ClNO3. The molecule has 3 aromatic rings. The predicted octanol–water partition coefficient (Wildman–Crippen LogP) is 4.78. The van der Waals surface area contributed by atoms with E-state index >= 15 is 0 Å². The van der Waals surface area contributed by atoms with Gasteiger partial charge in [0.2, 0.25) is 0 Å². The number of hydrogen-bond acceptors (Lipinski definition) is 4. The minimum Gasteiger partial charge on any atom is -0.497 e. The highest BCUT2D eigenvalue weighted by Crippen LogP contribution is 2.41. The molecule has 3 rings (SSSR count). The van der Waals surface area contributed by atoms with Gasteiger partial charge in [0.15, 0.2) is 0 Å².